The van der Waals surface area contributed by atoms with Gasteiger partial charge >= 0.3 is 0 Å². The molecule has 4 heterocycles. The largest absolute Gasteiger partial charge is 0.337 e. The Kier molecular flexibility index (Phi) is 5.21. The number of pyridine rings is 1. The third kappa shape index (κ3) is 3.82. The van der Waals surface area contributed by atoms with Crippen LogP contribution in [0.2, 0.25) is 0 Å². The van der Waals surface area contributed by atoms with Crippen LogP contribution >= 0.6 is 11.3 Å². The summed E-state index contributed by atoms with van der Waals surface area (Å²) < 4.78 is 1.88. The van der Waals surface area contributed by atoms with Crippen molar-refractivity contribution in [3.05, 3.63) is 58.9 Å². The van der Waals surface area contributed by atoms with Gasteiger partial charge in [0.15, 0.2) is 0 Å². The van der Waals surface area contributed by atoms with Gasteiger partial charge in [-0.05, 0) is 43.3 Å². The molecule has 0 aliphatic carbocycles. The number of likely N-dealkylation sites (tertiary alicyclic amines) is 1. The van der Waals surface area contributed by atoms with Crippen LogP contribution in [-0.4, -0.2) is 44.3 Å². The van der Waals surface area contributed by atoms with Gasteiger partial charge in [-0.1, -0.05) is 6.07 Å². The number of carbonyl (C=O) groups is 2. The quantitative estimate of drug-likeness (QED) is 0.736. The van der Waals surface area contributed by atoms with E-state index in [0.717, 1.165) is 29.4 Å². The summed E-state index contributed by atoms with van der Waals surface area (Å²) >= 11 is 1.43. The first-order valence-corrected chi connectivity index (χ1v) is 10.1. The molecule has 28 heavy (non-hydrogen) atoms. The number of hydrogen-bond donors (Lipinski definition) is 1. The number of imidazole rings is 1. The minimum absolute atomic E-state index is 0.00854. The van der Waals surface area contributed by atoms with Crippen molar-refractivity contribution in [3.63, 3.8) is 0 Å². The smallest absolute Gasteiger partial charge is 0.263 e. The summed E-state index contributed by atoms with van der Waals surface area (Å²) in [6.07, 6.45) is 6.81. The normalized spacial score (nSPS) is 16.8. The van der Waals surface area contributed by atoms with Crippen molar-refractivity contribution in [1.29, 1.82) is 0 Å². The van der Waals surface area contributed by atoms with E-state index in [1.807, 2.05) is 47.3 Å². The monoisotopic (exact) mass is 395 g/mol. The first-order valence-electron chi connectivity index (χ1n) is 9.22. The molecule has 1 fully saturated rings. The van der Waals surface area contributed by atoms with E-state index in [1.165, 1.54) is 11.3 Å². The lowest BCUT2D eigenvalue weighted by molar-refractivity contribution is -0.121. The minimum atomic E-state index is -0.215. The summed E-state index contributed by atoms with van der Waals surface area (Å²) in [6.45, 7) is 3.05. The molecular weight excluding hydrogens is 374 g/mol. The Morgan fingerprint density at radius 1 is 1.25 bits per heavy atom. The zero-order valence-corrected chi connectivity index (χ0v) is 16.4. The first-order chi connectivity index (χ1) is 13.6. The second-order valence-corrected chi connectivity index (χ2v) is 7.75. The Labute approximate surface area is 167 Å². The molecule has 3 aromatic heterocycles. The zero-order valence-electron chi connectivity index (χ0n) is 15.5. The summed E-state index contributed by atoms with van der Waals surface area (Å²) in [5, 5.41) is 4.82. The van der Waals surface area contributed by atoms with E-state index in [0.29, 0.717) is 18.8 Å². The summed E-state index contributed by atoms with van der Waals surface area (Å²) in [4.78, 5) is 36.3. The number of anilines is 1. The molecule has 0 radical (unpaired) electrons. The highest BCUT2D eigenvalue weighted by molar-refractivity contribution is 7.12. The number of carbonyl (C=O) groups excluding carboxylic acids is 2. The van der Waals surface area contributed by atoms with Gasteiger partial charge in [0.25, 0.3) is 5.91 Å². The van der Waals surface area contributed by atoms with Gasteiger partial charge in [-0.2, -0.15) is 0 Å². The molecule has 1 saturated heterocycles. The molecule has 7 nitrogen and oxygen atoms in total. The van der Waals surface area contributed by atoms with Crippen LogP contribution in [0.5, 0.6) is 0 Å². The van der Waals surface area contributed by atoms with Gasteiger partial charge in [0, 0.05) is 25.5 Å². The maximum absolute atomic E-state index is 12.7. The van der Waals surface area contributed by atoms with Crippen molar-refractivity contribution >= 4 is 28.8 Å². The number of nitrogens with one attached hydrogen (secondary N) is 1. The molecule has 0 spiro atoms. The average Bonchev–Trinajstić information content (AvgIpc) is 3.40. The van der Waals surface area contributed by atoms with Crippen LogP contribution in [0.3, 0.4) is 0 Å². The van der Waals surface area contributed by atoms with E-state index < -0.39 is 0 Å². The van der Waals surface area contributed by atoms with Crippen molar-refractivity contribution in [2.24, 2.45) is 5.92 Å². The van der Waals surface area contributed by atoms with Gasteiger partial charge in [-0.3, -0.25) is 14.2 Å². The molecule has 1 unspecified atom stereocenters. The third-order valence-electron chi connectivity index (χ3n) is 4.90. The molecule has 1 aliphatic heterocycles. The Balaban J connectivity index is 1.39. The Bertz CT molecular complexity index is 965. The predicted octanol–water partition coefficient (Wildman–Crippen LogP) is 3.13. The van der Waals surface area contributed by atoms with Crippen molar-refractivity contribution in [1.82, 2.24) is 19.4 Å². The predicted molar refractivity (Wildman–Crippen MR) is 108 cm³/mol. The highest BCUT2D eigenvalue weighted by Gasteiger charge is 2.29. The fraction of sp³-hybridized carbons (Fsp3) is 0.300. The van der Waals surface area contributed by atoms with Crippen LogP contribution in [-0.2, 0) is 4.79 Å². The number of hydrogen-bond acceptors (Lipinski definition) is 5. The van der Waals surface area contributed by atoms with E-state index in [4.69, 9.17) is 0 Å². The molecule has 144 valence electrons. The number of nitrogens with zero attached hydrogens (tertiary/aromatic N) is 4. The first kappa shape index (κ1) is 18.4. The lowest BCUT2D eigenvalue weighted by Gasteiger charge is -2.31. The number of amides is 2. The van der Waals surface area contributed by atoms with Gasteiger partial charge in [0.1, 0.15) is 11.6 Å². The van der Waals surface area contributed by atoms with Crippen LogP contribution in [0.25, 0.3) is 5.82 Å². The zero-order chi connectivity index (χ0) is 19.5. The van der Waals surface area contributed by atoms with E-state index in [1.54, 1.807) is 17.3 Å². The van der Waals surface area contributed by atoms with Crippen molar-refractivity contribution < 1.29 is 9.59 Å². The van der Waals surface area contributed by atoms with E-state index in [9.17, 15) is 9.59 Å². The number of piperidine rings is 1. The number of aromatic nitrogens is 3. The fourth-order valence-electron chi connectivity index (χ4n) is 3.40. The molecule has 8 heteroatoms. The Morgan fingerprint density at radius 3 is 2.82 bits per heavy atom. The molecule has 1 N–H and O–H groups in total. The maximum Gasteiger partial charge on any atom is 0.263 e. The molecule has 3 aromatic rings. The Hall–Kier alpha value is -3.00. The molecular formula is C20H21N5O2S. The molecule has 2 amide bonds. The van der Waals surface area contributed by atoms with Gasteiger partial charge in [0.2, 0.25) is 5.91 Å². The van der Waals surface area contributed by atoms with Crippen molar-refractivity contribution in [2.75, 3.05) is 18.4 Å². The molecule has 0 bridgehead atoms. The van der Waals surface area contributed by atoms with Gasteiger partial charge < -0.3 is 10.2 Å². The highest BCUT2D eigenvalue weighted by atomic mass is 32.1. The van der Waals surface area contributed by atoms with Gasteiger partial charge in [-0.15, -0.1) is 11.3 Å². The van der Waals surface area contributed by atoms with E-state index in [2.05, 4.69) is 15.3 Å². The minimum Gasteiger partial charge on any atom is -0.337 e. The number of aryl methyl sites for hydroxylation is 1. The molecule has 1 aliphatic rings. The summed E-state index contributed by atoms with van der Waals surface area (Å²) in [5.74, 6) is 1.32. The molecule has 4 rings (SSSR count). The summed E-state index contributed by atoms with van der Waals surface area (Å²) in [5.41, 5.74) is 0.647. The maximum atomic E-state index is 12.7. The molecule has 0 saturated carbocycles. The van der Waals surface area contributed by atoms with E-state index in [-0.39, 0.29) is 17.7 Å². The topological polar surface area (TPSA) is 80.1 Å². The van der Waals surface area contributed by atoms with Crippen LogP contribution in [0.1, 0.15) is 28.3 Å². The lowest BCUT2D eigenvalue weighted by atomic mass is 9.97. The Morgan fingerprint density at radius 2 is 2.14 bits per heavy atom. The second kappa shape index (κ2) is 7.93. The highest BCUT2D eigenvalue weighted by Crippen LogP contribution is 2.22. The summed E-state index contributed by atoms with van der Waals surface area (Å²) in [7, 11) is 0. The fourth-order valence-corrected chi connectivity index (χ4v) is 4.09. The number of rotatable bonds is 4. The van der Waals surface area contributed by atoms with Gasteiger partial charge in [0.05, 0.1) is 22.7 Å². The van der Waals surface area contributed by atoms with Crippen molar-refractivity contribution in [2.45, 2.75) is 19.8 Å². The van der Waals surface area contributed by atoms with Crippen LogP contribution in [0.4, 0.5) is 5.69 Å². The average molecular weight is 395 g/mol. The molecule has 0 aromatic carbocycles. The van der Waals surface area contributed by atoms with E-state index >= 15 is 0 Å². The van der Waals surface area contributed by atoms with Crippen molar-refractivity contribution in [3.8, 4) is 5.82 Å². The van der Waals surface area contributed by atoms with Crippen LogP contribution in [0, 0.1) is 12.8 Å². The standard InChI is InChI=1S/C20H21N5O2S/c1-14-21-8-10-25(14)18-7-6-16(12-22-18)23-19(26)15-4-2-9-24(13-15)20(27)17-5-3-11-28-17/h3,5-8,10-12,15H,2,4,9,13H2,1H3,(H,23,26). The number of thiophene rings is 1. The SMILES string of the molecule is Cc1nccn1-c1ccc(NC(=O)C2CCCN(C(=O)c3cccs3)C2)cn1. The lowest BCUT2D eigenvalue weighted by Crippen LogP contribution is -2.43. The third-order valence-corrected chi connectivity index (χ3v) is 5.76. The molecule has 1 atom stereocenters. The van der Waals surface area contributed by atoms with Crippen LogP contribution in [0.15, 0.2) is 48.2 Å². The van der Waals surface area contributed by atoms with Crippen LogP contribution < -0.4 is 5.32 Å². The summed E-state index contributed by atoms with van der Waals surface area (Å²) in [6, 6.07) is 7.37. The van der Waals surface area contributed by atoms with Gasteiger partial charge in [-0.25, -0.2) is 9.97 Å². The second-order valence-electron chi connectivity index (χ2n) is 6.81.